The van der Waals surface area contributed by atoms with Crippen molar-refractivity contribution in [3.8, 4) is 0 Å². The van der Waals surface area contributed by atoms with Crippen LogP contribution in [0.5, 0.6) is 0 Å². The van der Waals surface area contributed by atoms with Crippen molar-refractivity contribution in [3.63, 3.8) is 0 Å². The zero-order valence-electron chi connectivity index (χ0n) is 16.9. The molecule has 0 saturated carbocycles. The molecule has 1 saturated heterocycles. The molecule has 0 spiro atoms. The highest BCUT2D eigenvalue weighted by Crippen LogP contribution is 2.27. The molecule has 6 heteroatoms. The number of carbonyl (C=O) groups is 2. The average Bonchev–Trinajstić information content (AvgIpc) is 2.92. The Hall–Kier alpha value is -2.50. The summed E-state index contributed by atoms with van der Waals surface area (Å²) in [5, 5.41) is 1.12. The molecule has 0 bridgehead atoms. The Morgan fingerprint density at radius 2 is 1.63 bits per heavy atom. The Morgan fingerprint density at radius 1 is 1.04 bits per heavy atom. The van der Waals surface area contributed by atoms with Crippen molar-refractivity contribution in [2.75, 3.05) is 26.2 Å². The molecule has 0 unspecified atom stereocenters. The van der Waals surface area contributed by atoms with Crippen molar-refractivity contribution in [2.24, 2.45) is 0 Å². The molecule has 0 aliphatic carbocycles. The minimum atomic E-state index is -0.511. The van der Waals surface area contributed by atoms with Gasteiger partial charge in [-0.3, -0.25) is 4.79 Å². The van der Waals surface area contributed by atoms with E-state index in [-0.39, 0.29) is 12.0 Å². The molecule has 1 fully saturated rings. The van der Waals surface area contributed by atoms with Crippen LogP contribution in [0.4, 0.5) is 4.79 Å². The molecule has 2 heterocycles. The van der Waals surface area contributed by atoms with Gasteiger partial charge in [-0.2, -0.15) is 0 Å². The molecule has 27 heavy (non-hydrogen) atoms. The van der Waals surface area contributed by atoms with Gasteiger partial charge in [-0.15, -0.1) is 0 Å². The van der Waals surface area contributed by atoms with E-state index < -0.39 is 5.60 Å². The molecule has 3 rings (SSSR count). The maximum absolute atomic E-state index is 13.2. The number of aromatic nitrogens is 1. The lowest BCUT2D eigenvalue weighted by atomic mass is 10.1. The topological polar surface area (TPSA) is 54.8 Å². The fraction of sp³-hybridized carbons (Fsp3) is 0.524. The van der Waals surface area contributed by atoms with E-state index in [2.05, 4.69) is 23.6 Å². The van der Waals surface area contributed by atoms with Gasteiger partial charge in [-0.25, -0.2) is 4.79 Å². The number of hydrogen-bond donors (Lipinski definition) is 0. The van der Waals surface area contributed by atoms with Gasteiger partial charge < -0.3 is 19.1 Å². The van der Waals surface area contributed by atoms with Crippen molar-refractivity contribution >= 4 is 22.9 Å². The lowest BCUT2D eigenvalue weighted by Crippen LogP contribution is -2.52. The zero-order chi connectivity index (χ0) is 19.8. The first-order valence-electron chi connectivity index (χ1n) is 9.58. The monoisotopic (exact) mass is 371 g/mol. The Morgan fingerprint density at radius 3 is 2.22 bits per heavy atom. The largest absolute Gasteiger partial charge is 0.444 e. The van der Waals surface area contributed by atoms with E-state index in [1.807, 2.05) is 44.7 Å². The van der Waals surface area contributed by atoms with E-state index in [1.54, 1.807) is 4.90 Å². The summed E-state index contributed by atoms with van der Waals surface area (Å²) in [4.78, 5) is 29.0. The van der Waals surface area contributed by atoms with Crippen LogP contribution in [0.1, 0.15) is 43.7 Å². The van der Waals surface area contributed by atoms with Crippen LogP contribution in [0.15, 0.2) is 24.3 Å². The van der Waals surface area contributed by atoms with Gasteiger partial charge in [0.05, 0.1) is 0 Å². The molecule has 146 valence electrons. The number of para-hydroxylation sites is 1. The molecule has 1 aromatic heterocycles. The smallest absolute Gasteiger partial charge is 0.410 e. The van der Waals surface area contributed by atoms with Gasteiger partial charge >= 0.3 is 6.09 Å². The number of hydrogen-bond acceptors (Lipinski definition) is 3. The first kappa shape index (κ1) is 19.3. The molecule has 0 N–H and O–H groups in total. The highest BCUT2D eigenvalue weighted by molar-refractivity contribution is 6.01. The molecule has 1 aliphatic rings. The van der Waals surface area contributed by atoms with Gasteiger partial charge in [0.2, 0.25) is 0 Å². The minimum Gasteiger partial charge on any atom is -0.444 e. The third kappa shape index (κ3) is 3.80. The van der Waals surface area contributed by atoms with Gasteiger partial charge in [0.25, 0.3) is 5.91 Å². The highest BCUT2D eigenvalue weighted by Gasteiger charge is 2.30. The Bertz CT molecular complexity index is 855. The van der Waals surface area contributed by atoms with Crippen LogP contribution >= 0.6 is 0 Å². The number of piperazine rings is 1. The third-order valence-electron chi connectivity index (χ3n) is 4.96. The molecule has 6 nitrogen and oxygen atoms in total. The predicted octanol–water partition coefficient (Wildman–Crippen LogP) is 3.66. The standard InChI is InChI=1S/C21H29N3O3/c1-6-24-17-10-8-7-9-16(17)15(2)18(24)19(25)22-11-13-23(14-12-22)20(26)27-21(3,4)5/h7-10H,6,11-14H2,1-5H3. The normalized spacial score (nSPS) is 15.3. The summed E-state index contributed by atoms with van der Waals surface area (Å²) < 4.78 is 7.52. The second kappa shape index (κ2) is 7.25. The van der Waals surface area contributed by atoms with E-state index >= 15 is 0 Å². The van der Waals surface area contributed by atoms with Gasteiger partial charge in [0.15, 0.2) is 0 Å². The SMILES string of the molecule is CCn1c(C(=O)N2CCN(C(=O)OC(C)(C)C)CC2)c(C)c2ccccc21. The summed E-state index contributed by atoms with van der Waals surface area (Å²) in [6.45, 7) is 12.4. The highest BCUT2D eigenvalue weighted by atomic mass is 16.6. The molecule has 1 aromatic carbocycles. The summed E-state index contributed by atoms with van der Waals surface area (Å²) in [5.41, 5.74) is 2.35. The van der Waals surface area contributed by atoms with Crippen LogP contribution in [0.2, 0.25) is 0 Å². The maximum atomic E-state index is 13.2. The molecule has 0 atom stereocenters. The summed E-state index contributed by atoms with van der Waals surface area (Å²) in [5.74, 6) is 0.0365. The summed E-state index contributed by atoms with van der Waals surface area (Å²) in [7, 11) is 0. The second-order valence-corrected chi connectivity index (χ2v) is 7.99. The number of nitrogens with zero attached hydrogens (tertiary/aromatic N) is 3. The number of amides is 2. The van der Waals surface area contributed by atoms with Crippen molar-refractivity contribution in [1.29, 1.82) is 0 Å². The molecular formula is C21H29N3O3. The summed E-state index contributed by atoms with van der Waals surface area (Å²) in [6.07, 6.45) is -0.312. The number of ether oxygens (including phenoxy) is 1. The first-order chi connectivity index (χ1) is 12.7. The van der Waals surface area contributed by atoms with E-state index in [0.29, 0.717) is 26.2 Å². The van der Waals surface area contributed by atoms with Gasteiger partial charge in [-0.05, 0) is 46.2 Å². The lowest BCUT2D eigenvalue weighted by Gasteiger charge is -2.35. The van der Waals surface area contributed by atoms with Crippen molar-refractivity contribution in [1.82, 2.24) is 14.4 Å². The van der Waals surface area contributed by atoms with Crippen molar-refractivity contribution in [2.45, 2.75) is 46.8 Å². The van der Waals surface area contributed by atoms with Gasteiger partial charge in [0, 0.05) is 43.6 Å². The average molecular weight is 371 g/mol. The van der Waals surface area contributed by atoms with E-state index in [9.17, 15) is 9.59 Å². The Balaban J connectivity index is 1.76. The van der Waals surface area contributed by atoms with E-state index in [0.717, 1.165) is 28.7 Å². The molecule has 1 aliphatic heterocycles. The van der Waals surface area contributed by atoms with Crippen LogP contribution in [0.25, 0.3) is 10.9 Å². The van der Waals surface area contributed by atoms with Crippen LogP contribution in [-0.4, -0.2) is 58.1 Å². The lowest BCUT2D eigenvalue weighted by molar-refractivity contribution is 0.0139. The number of benzene rings is 1. The number of rotatable bonds is 2. The summed E-state index contributed by atoms with van der Waals surface area (Å²) in [6, 6.07) is 8.13. The van der Waals surface area contributed by atoms with E-state index in [1.165, 1.54) is 0 Å². The zero-order valence-corrected chi connectivity index (χ0v) is 16.9. The van der Waals surface area contributed by atoms with Crippen molar-refractivity contribution in [3.05, 3.63) is 35.5 Å². The summed E-state index contributed by atoms with van der Waals surface area (Å²) >= 11 is 0. The molecular weight excluding hydrogens is 342 g/mol. The third-order valence-corrected chi connectivity index (χ3v) is 4.96. The van der Waals surface area contributed by atoms with Crippen molar-refractivity contribution < 1.29 is 14.3 Å². The number of carbonyl (C=O) groups excluding carboxylic acids is 2. The fourth-order valence-corrected chi connectivity index (χ4v) is 3.65. The number of fused-ring (bicyclic) bond motifs is 1. The van der Waals surface area contributed by atoms with Gasteiger partial charge in [-0.1, -0.05) is 18.2 Å². The quantitative estimate of drug-likeness (QED) is 0.809. The van der Waals surface area contributed by atoms with Crippen LogP contribution in [0.3, 0.4) is 0 Å². The Labute approximate surface area is 160 Å². The molecule has 0 radical (unpaired) electrons. The second-order valence-electron chi connectivity index (χ2n) is 7.99. The fourth-order valence-electron chi connectivity index (χ4n) is 3.65. The predicted molar refractivity (Wildman–Crippen MR) is 106 cm³/mol. The molecule has 2 amide bonds. The van der Waals surface area contributed by atoms with Crippen LogP contribution in [0, 0.1) is 6.92 Å². The maximum Gasteiger partial charge on any atom is 0.410 e. The van der Waals surface area contributed by atoms with Crippen LogP contribution in [-0.2, 0) is 11.3 Å². The molecule has 2 aromatic rings. The Kier molecular flexibility index (Phi) is 5.18. The first-order valence-corrected chi connectivity index (χ1v) is 9.58. The van der Waals surface area contributed by atoms with E-state index in [4.69, 9.17) is 4.74 Å². The minimum absolute atomic E-state index is 0.0365. The van der Waals surface area contributed by atoms with Gasteiger partial charge in [0.1, 0.15) is 11.3 Å². The van der Waals surface area contributed by atoms with Crippen LogP contribution < -0.4 is 0 Å². The number of aryl methyl sites for hydroxylation is 2.